The summed E-state index contributed by atoms with van der Waals surface area (Å²) in [7, 11) is 7.60. The van der Waals surface area contributed by atoms with Crippen LogP contribution in [0.1, 0.15) is 13.8 Å². The number of halogens is 1. The normalized spacial score (nSPS) is 11.7. The molecule has 0 aliphatic carbocycles. The minimum atomic E-state index is 0. The Bertz CT molecular complexity index is 504. The summed E-state index contributed by atoms with van der Waals surface area (Å²) in [6.45, 7) is 7.58. The molecule has 0 aromatic heterocycles. The van der Waals surface area contributed by atoms with Crippen molar-refractivity contribution in [2.75, 3.05) is 54.5 Å². The molecule has 0 amide bonds. The topological polar surface area (TPSA) is 58.1 Å². The molecule has 144 valence electrons. The fourth-order valence-corrected chi connectivity index (χ4v) is 2.47. The van der Waals surface area contributed by atoms with Crippen molar-refractivity contribution in [3.8, 4) is 11.5 Å². The van der Waals surface area contributed by atoms with Gasteiger partial charge in [0.1, 0.15) is 18.1 Å². The molecule has 0 spiro atoms. The van der Waals surface area contributed by atoms with Crippen LogP contribution in [0.5, 0.6) is 11.5 Å². The second-order valence-corrected chi connectivity index (χ2v) is 6.78. The smallest absolute Gasteiger partial charge is 0.191 e. The number of methoxy groups -OCH3 is 1. The highest BCUT2D eigenvalue weighted by Crippen LogP contribution is 2.16. The Hall–Kier alpha value is -1.22. The summed E-state index contributed by atoms with van der Waals surface area (Å²) in [5, 5.41) is 6.63. The highest BCUT2D eigenvalue weighted by atomic mass is 127. The van der Waals surface area contributed by atoms with Gasteiger partial charge in [-0.2, -0.15) is 0 Å². The fraction of sp³-hybridized carbons (Fsp3) is 0.611. The number of aliphatic imine (C=N–C) groups is 1. The second kappa shape index (κ2) is 12.2. The molecule has 0 aliphatic rings. The van der Waals surface area contributed by atoms with Crippen molar-refractivity contribution in [2.24, 2.45) is 10.4 Å². The maximum atomic E-state index is 5.69. The third-order valence-electron chi connectivity index (χ3n) is 3.42. The molecule has 0 fully saturated rings. The zero-order chi connectivity index (χ0) is 18.0. The Morgan fingerprint density at radius 3 is 2.24 bits per heavy atom. The van der Waals surface area contributed by atoms with Gasteiger partial charge in [0.05, 0.1) is 13.7 Å². The predicted molar refractivity (Wildman–Crippen MR) is 116 cm³/mol. The van der Waals surface area contributed by atoms with Crippen LogP contribution in [0.2, 0.25) is 0 Å². The van der Waals surface area contributed by atoms with Gasteiger partial charge in [0.25, 0.3) is 0 Å². The van der Waals surface area contributed by atoms with E-state index in [0.29, 0.717) is 13.2 Å². The van der Waals surface area contributed by atoms with Crippen LogP contribution in [0.4, 0.5) is 0 Å². The molecule has 0 atom stereocenters. The van der Waals surface area contributed by atoms with Crippen molar-refractivity contribution in [2.45, 2.75) is 13.8 Å². The molecule has 0 saturated carbocycles. The summed E-state index contributed by atoms with van der Waals surface area (Å²) in [4.78, 5) is 6.44. The SMILES string of the molecule is CN=C(NCCOc1ccc(OC)cc1)NCC(C)(C)CN(C)C.I. The van der Waals surface area contributed by atoms with E-state index in [1.165, 1.54) is 0 Å². The van der Waals surface area contributed by atoms with Gasteiger partial charge in [0, 0.05) is 20.1 Å². The van der Waals surface area contributed by atoms with Crippen LogP contribution in [0.3, 0.4) is 0 Å². The van der Waals surface area contributed by atoms with Crippen molar-refractivity contribution in [1.29, 1.82) is 0 Å². The summed E-state index contributed by atoms with van der Waals surface area (Å²) >= 11 is 0. The van der Waals surface area contributed by atoms with Gasteiger partial charge in [-0.15, -0.1) is 24.0 Å². The van der Waals surface area contributed by atoms with Gasteiger partial charge in [-0.3, -0.25) is 4.99 Å². The van der Waals surface area contributed by atoms with Crippen LogP contribution < -0.4 is 20.1 Å². The van der Waals surface area contributed by atoms with E-state index in [0.717, 1.165) is 30.5 Å². The molecule has 0 heterocycles. The summed E-state index contributed by atoms with van der Waals surface area (Å²) < 4.78 is 10.8. The first-order chi connectivity index (χ1) is 11.4. The number of hydrogen-bond donors (Lipinski definition) is 2. The third kappa shape index (κ3) is 10.4. The average Bonchev–Trinajstić information content (AvgIpc) is 2.53. The molecule has 6 nitrogen and oxygen atoms in total. The Kier molecular flexibility index (Phi) is 11.6. The number of ether oxygens (including phenoxy) is 2. The highest BCUT2D eigenvalue weighted by molar-refractivity contribution is 14.0. The zero-order valence-corrected chi connectivity index (χ0v) is 18.6. The molecule has 0 unspecified atom stereocenters. The van der Waals surface area contributed by atoms with E-state index in [4.69, 9.17) is 9.47 Å². The van der Waals surface area contributed by atoms with E-state index in [1.807, 2.05) is 24.3 Å². The summed E-state index contributed by atoms with van der Waals surface area (Å²) in [6, 6.07) is 7.57. The first-order valence-corrected chi connectivity index (χ1v) is 8.22. The van der Waals surface area contributed by atoms with Crippen LogP contribution in [0, 0.1) is 5.41 Å². The van der Waals surface area contributed by atoms with Gasteiger partial charge >= 0.3 is 0 Å². The van der Waals surface area contributed by atoms with Gasteiger partial charge in [0.15, 0.2) is 5.96 Å². The van der Waals surface area contributed by atoms with Crippen LogP contribution >= 0.6 is 24.0 Å². The lowest BCUT2D eigenvalue weighted by molar-refractivity contribution is 0.241. The molecule has 0 bridgehead atoms. The van der Waals surface area contributed by atoms with Crippen molar-refractivity contribution in [3.05, 3.63) is 24.3 Å². The molecule has 0 aliphatic heterocycles. The van der Waals surface area contributed by atoms with Gasteiger partial charge < -0.3 is 25.0 Å². The van der Waals surface area contributed by atoms with Crippen LogP contribution in [0.15, 0.2) is 29.3 Å². The van der Waals surface area contributed by atoms with E-state index in [-0.39, 0.29) is 29.4 Å². The van der Waals surface area contributed by atoms with Crippen molar-refractivity contribution < 1.29 is 9.47 Å². The van der Waals surface area contributed by atoms with Gasteiger partial charge in [0.2, 0.25) is 0 Å². The number of guanidine groups is 1. The molecule has 25 heavy (non-hydrogen) atoms. The maximum Gasteiger partial charge on any atom is 0.191 e. The van der Waals surface area contributed by atoms with E-state index in [1.54, 1.807) is 14.2 Å². The lowest BCUT2D eigenvalue weighted by Gasteiger charge is -2.29. The molecule has 1 aromatic rings. The largest absolute Gasteiger partial charge is 0.497 e. The minimum absolute atomic E-state index is 0. The Balaban J connectivity index is 0.00000576. The Morgan fingerprint density at radius 1 is 1.12 bits per heavy atom. The third-order valence-corrected chi connectivity index (χ3v) is 3.42. The number of nitrogens with one attached hydrogen (secondary N) is 2. The highest BCUT2D eigenvalue weighted by Gasteiger charge is 2.19. The quantitative estimate of drug-likeness (QED) is 0.255. The predicted octanol–water partition coefficient (Wildman–Crippen LogP) is 2.44. The van der Waals surface area contributed by atoms with Crippen LogP contribution in [0.25, 0.3) is 0 Å². The van der Waals surface area contributed by atoms with Crippen molar-refractivity contribution in [3.63, 3.8) is 0 Å². The average molecular weight is 464 g/mol. The summed E-state index contributed by atoms with van der Waals surface area (Å²) in [5.74, 6) is 2.44. The first-order valence-electron chi connectivity index (χ1n) is 8.22. The molecule has 2 N–H and O–H groups in total. The van der Waals surface area contributed by atoms with E-state index in [2.05, 4.69) is 48.5 Å². The van der Waals surface area contributed by atoms with E-state index >= 15 is 0 Å². The molecular formula is C18H33IN4O2. The number of rotatable bonds is 9. The molecular weight excluding hydrogens is 431 g/mol. The van der Waals surface area contributed by atoms with E-state index in [9.17, 15) is 0 Å². The summed E-state index contributed by atoms with van der Waals surface area (Å²) in [5.41, 5.74) is 0.167. The maximum absolute atomic E-state index is 5.69. The minimum Gasteiger partial charge on any atom is -0.497 e. The number of nitrogens with zero attached hydrogens (tertiary/aromatic N) is 2. The van der Waals surface area contributed by atoms with Crippen LogP contribution in [-0.2, 0) is 0 Å². The second-order valence-electron chi connectivity index (χ2n) is 6.78. The molecule has 1 rings (SSSR count). The molecule has 0 saturated heterocycles. The monoisotopic (exact) mass is 464 g/mol. The standard InChI is InChI=1S/C18H32N4O2.HI/c1-18(2,14-22(4)5)13-21-17(19-3)20-11-12-24-16-9-7-15(23-6)8-10-16;/h7-10H,11-14H2,1-6H3,(H2,19,20,21);1H. The lowest BCUT2D eigenvalue weighted by atomic mass is 9.93. The van der Waals surface area contributed by atoms with Crippen LogP contribution in [-0.4, -0.2) is 65.4 Å². The molecule has 0 radical (unpaired) electrons. The van der Waals surface area contributed by atoms with Gasteiger partial charge in [-0.05, 0) is 43.8 Å². The molecule has 1 aromatic carbocycles. The van der Waals surface area contributed by atoms with Crippen molar-refractivity contribution in [1.82, 2.24) is 15.5 Å². The first kappa shape index (κ1) is 23.8. The molecule has 7 heteroatoms. The van der Waals surface area contributed by atoms with Crippen molar-refractivity contribution >= 4 is 29.9 Å². The lowest BCUT2D eigenvalue weighted by Crippen LogP contribution is -2.45. The Morgan fingerprint density at radius 2 is 1.72 bits per heavy atom. The van der Waals surface area contributed by atoms with E-state index < -0.39 is 0 Å². The Labute approximate surface area is 169 Å². The van der Waals surface area contributed by atoms with Gasteiger partial charge in [-0.1, -0.05) is 13.8 Å². The zero-order valence-electron chi connectivity index (χ0n) is 16.3. The summed E-state index contributed by atoms with van der Waals surface area (Å²) in [6.07, 6.45) is 0. The fourth-order valence-electron chi connectivity index (χ4n) is 2.47. The number of hydrogen-bond acceptors (Lipinski definition) is 4. The van der Waals surface area contributed by atoms with Gasteiger partial charge in [-0.25, -0.2) is 0 Å². The number of benzene rings is 1.